The van der Waals surface area contributed by atoms with Crippen LogP contribution in [0.15, 0.2) is 82.4 Å². The fourth-order valence-electron chi connectivity index (χ4n) is 4.68. The Morgan fingerprint density at radius 2 is 1.89 bits per heavy atom. The number of aliphatic hydroxyl groups is 1. The lowest BCUT2D eigenvalue weighted by molar-refractivity contribution is -0.672. The molecule has 0 saturated heterocycles. The highest BCUT2D eigenvalue weighted by atomic mass is 32.2. The summed E-state index contributed by atoms with van der Waals surface area (Å²) in [6.45, 7) is 7.94. The Balaban J connectivity index is 1.59. The van der Waals surface area contributed by atoms with Gasteiger partial charge in [0.25, 0.3) is 0 Å². The van der Waals surface area contributed by atoms with E-state index in [0.717, 1.165) is 35.9 Å². The van der Waals surface area contributed by atoms with Gasteiger partial charge in [0.05, 0.1) is 16.1 Å². The van der Waals surface area contributed by atoms with E-state index in [0.29, 0.717) is 13.0 Å². The molecule has 4 rings (SSSR count). The van der Waals surface area contributed by atoms with Gasteiger partial charge in [-0.3, -0.25) is 4.79 Å². The predicted molar refractivity (Wildman–Crippen MR) is 157 cm³/mol. The van der Waals surface area contributed by atoms with Crippen molar-refractivity contribution in [2.24, 2.45) is 0 Å². The summed E-state index contributed by atoms with van der Waals surface area (Å²) in [7, 11) is 0. The van der Waals surface area contributed by atoms with E-state index < -0.39 is 5.97 Å². The molecule has 38 heavy (non-hydrogen) atoms. The number of pyridine rings is 1. The summed E-state index contributed by atoms with van der Waals surface area (Å²) in [6, 6.07) is 14.9. The molecule has 0 spiro atoms. The van der Waals surface area contributed by atoms with E-state index in [2.05, 4.69) is 84.9 Å². The molecule has 3 aromatic rings. The number of thioether (sulfide) groups is 1. The number of fused-ring (bicyclic) bond motifs is 2. The molecule has 5 nitrogen and oxygen atoms in total. The number of hydrogen-bond donors (Lipinski definition) is 2. The highest BCUT2D eigenvalue weighted by Crippen LogP contribution is 2.47. The van der Waals surface area contributed by atoms with Crippen LogP contribution in [0.25, 0.3) is 17.0 Å². The van der Waals surface area contributed by atoms with Crippen LogP contribution in [-0.2, 0) is 11.3 Å². The Hall–Kier alpha value is -3.35. The highest BCUT2D eigenvalue weighted by Gasteiger charge is 2.25. The Kier molecular flexibility index (Phi) is 9.43. The summed E-state index contributed by atoms with van der Waals surface area (Å²) in [5, 5.41) is 20.8. The fraction of sp³-hybridized carbons (Fsp3) is 0.312. The first-order valence-corrected chi connectivity index (χ1v) is 14.1. The minimum atomic E-state index is -0.736. The van der Waals surface area contributed by atoms with Crippen molar-refractivity contribution in [2.75, 3.05) is 18.1 Å². The average Bonchev–Trinajstić information content (AvgIpc) is 3.23. The maximum atomic E-state index is 11.0. The number of anilines is 1. The van der Waals surface area contributed by atoms with Gasteiger partial charge in [-0.05, 0) is 79.6 Å². The van der Waals surface area contributed by atoms with Crippen LogP contribution >= 0.6 is 11.8 Å². The number of nitrogens with zero attached hydrogens (tertiary/aromatic N) is 2. The second kappa shape index (κ2) is 12.9. The van der Waals surface area contributed by atoms with Gasteiger partial charge in [-0.15, -0.1) is 0 Å². The van der Waals surface area contributed by atoms with E-state index in [1.54, 1.807) is 11.8 Å². The van der Waals surface area contributed by atoms with Gasteiger partial charge in [0.15, 0.2) is 12.7 Å². The normalized spacial score (nSPS) is 14.7. The zero-order valence-corrected chi connectivity index (χ0v) is 23.3. The number of aromatic nitrogens is 1. The summed E-state index contributed by atoms with van der Waals surface area (Å²) in [5.74, 6) is -0.736. The summed E-state index contributed by atoms with van der Waals surface area (Å²) < 4.78 is 2.08. The minimum absolute atomic E-state index is 0.110. The number of unbranched alkanes of at least 4 members (excludes halogenated alkanes) is 1. The first-order chi connectivity index (χ1) is 18.4. The molecular weight excluding hydrogens is 492 g/mol. The molecule has 2 N–H and O–H groups in total. The Bertz CT molecular complexity index is 1410. The number of benzene rings is 2. The largest absolute Gasteiger partial charge is 0.481 e. The molecule has 0 atom stereocenters. The lowest BCUT2D eigenvalue weighted by Crippen LogP contribution is -2.36. The highest BCUT2D eigenvalue weighted by molar-refractivity contribution is 8.03. The third-order valence-corrected chi connectivity index (χ3v) is 8.11. The number of carbonyl (C=O) groups is 1. The second-order valence-electron chi connectivity index (χ2n) is 9.65. The number of rotatable bonds is 11. The Morgan fingerprint density at radius 3 is 2.66 bits per heavy atom. The molecule has 1 aromatic heterocycles. The average molecular weight is 530 g/mol. The van der Waals surface area contributed by atoms with Gasteiger partial charge < -0.3 is 15.1 Å². The summed E-state index contributed by atoms with van der Waals surface area (Å²) >= 11 is 1.79. The molecule has 198 valence electrons. The smallest absolute Gasteiger partial charge is 0.303 e. The van der Waals surface area contributed by atoms with Crippen molar-refractivity contribution in [2.45, 2.75) is 57.9 Å². The summed E-state index contributed by atoms with van der Waals surface area (Å²) in [4.78, 5) is 14.6. The zero-order valence-electron chi connectivity index (χ0n) is 22.5. The van der Waals surface area contributed by atoms with E-state index >= 15 is 0 Å². The van der Waals surface area contributed by atoms with Crippen molar-refractivity contribution in [1.82, 2.24) is 0 Å². The van der Waals surface area contributed by atoms with Crippen molar-refractivity contribution in [1.29, 1.82) is 0 Å². The Labute approximate surface area is 229 Å². The second-order valence-corrected chi connectivity index (χ2v) is 10.7. The third kappa shape index (κ3) is 6.55. The molecule has 0 amide bonds. The molecular formula is C32H37N2O3S+. The van der Waals surface area contributed by atoms with Gasteiger partial charge in [0, 0.05) is 30.0 Å². The standard InChI is InChI=1S/C32H36N2O3S/c1-4-25(12-14-26-16-18-33(19-20-35)28-10-6-5-9-27(26)28)13-15-31-34(17-8-7-11-32(36)37)29-21-23(2)24(3)22-30(29)38-31/h5-6,9-10,12-16,18,21-22,35H,4,7-8,11,17,19-20H2,1-3H3/p+1. The van der Waals surface area contributed by atoms with Gasteiger partial charge in [0.1, 0.15) is 6.61 Å². The first kappa shape index (κ1) is 27.7. The molecule has 0 aliphatic carbocycles. The van der Waals surface area contributed by atoms with Crippen LogP contribution in [0, 0.1) is 13.8 Å². The number of carboxylic acids is 1. The molecule has 2 aromatic carbocycles. The topological polar surface area (TPSA) is 64.7 Å². The van der Waals surface area contributed by atoms with Gasteiger partial charge in [-0.25, -0.2) is 0 Å². The van der Waals surface area contributed by atoms with Crippen LogP contribution in [0.3, 0.4) is 0 Å². The summed E-state index contributed by atoms with van der Waals surface area (Å²) in [5.41, 5.74) is 7.25. The van der Waals surface area contributed by atoms with Crippen LogP contribution in [-0.4, -0.2) is 29.3 Å². The molecule has 0 saturated carbocycles. The number of hydrogen-bond acceptors (Lipinski definition) is 4. The number of aliphatic hydroxyl groups excluding tert-OH is 1. The molecule has 1 aliphatic rings. The molecule has 6 heteroatoms. The molecule has 2 heterocycles. The molecule has 0 bridgehead atoms. The number of aliphatic carboxylic acids is 1. The van der Waals surface area contributed by atoms with Crippen molar-refractivity contribution in [3.8, 4) is 0 Å². The van der Waals surface area contributed by atoms with E-state index in [9.17, 15) is 9.90 Å². The quantitative estimate of drug-likeness (QED) is 0.163. The number of para-hydroxylation sites is 1. The maximum Gasteiger partial charge on any atom is 0.303 e. The number of carboxylic acid groups (broad SMARTS) is 1. The lowest BCUT2D eigenvalue weighted by Gasteiger charge is -2.21. The third-order valence-electron chi connectivity index (χ3n) is 6.99. The van der Waals surface area contributed by atoms with Crippen molar-refractivity contribution < 1.29 is 19.6 Å². The van der Waals surface area contributed by atoms with E-state index in [-0.39, 0.29) is 13.0 Å². The fourth-order valence-corrected chi connectivity index (χ4v) is 5.85. The lowest BCUT2D eigenvalue weighted by atomic mass is 10.1. The first-order valence-electron chi connectivity index (χ1n) is 13.3. The van der Waals surface area contributed by atoms with E-state index in [1.807, 2.05) is 18.3 Å². The van der Waals surface area contributed by atoms with Crippen molar-refractivity contribution >= 4 is 40.4 Å². The van der Waals surface area contributed by atoms with E-state index in [4.69, 9.17) is 5.11 Å². The van der Waals surface area contributed by atoms with Crippen LogP contribution in [0.5, 0.6) is 0 Å². The van der Waals surface area contributed by atoms with Crippen LogP contribution in [0.1, 0.15) is 49.3 Å². The van der Waals surface area contributed by atoms with Crippen LogP contribution in [0.2, 0.25) is 0 Å². The SMILES string of the molecule is CCC(=C/C=C1\Sc2cc(C)c(C)cc2N1CCCCC(=O)O)/C=C/c1cc[n+](CCO)c2ccccc12. The van der Waals surface area contributed by atoms with Crippen molar-refractivity contribution in [3.63, 3.8) is 0 Å². The van der Waals surface area contributed by atoms with Crippen molar-refractivity contribution in [3.05, 3.63) is 94.2 Å². The summed E-state index contributed by atoms with van der Waals surface area (Å²) in [6.07, 6.45) is 13.4. The number of aryl methyl sites for hydroxylation is 2. The van der Waals surface area contributed by atoms with E-state index in [1.165, 1.54) is 32.3 Å². The van der Waals surface area contributed by atoms with Gasteiger partial charge in [0.2, 0.25) is 5.52 Å². The van der Waals surface area contributed by atoms with Gasteiger partial charge in [-0.2, -0.15) is 4.57 Å². The zero-order chi connectivity index (χ0) is 27.1. The minimum Gasteiger partial charge on any atom is -0.481 e. The van der Waals surface area contributed by atoms with Gasteiger partial charge in [-0.1, -0.05) is 49.0 Å². The van der Waals surface area contributed by atoms with Crippen LogP contribution in [0.4, 0.5) is 5.69 Å². The molecule has 1 aliphatic heterocycles. The molecule has 0 unspecified atom stereocenters. The van der Waals surface area contributed by atoms with Crippen LogP contribution < -0.4 is 9.47 Å². The predicted octanol–water partition coefficient (Wildman–Crippen LogP) is 6.79. The molecule has 0 radical (unpaired) electrons. The Morgan fingerprint density at radius 1 is 1.11 bits per heavy atom. The monoisotopic (exact) mass is 529 g/mol. The number of allylic oxidation sites excluding steroid dienone is 4. The van der Waals surface area contributed by atoms with Gasteiger partial charge >= 0.3 is 5.97 Å². The maximum absolute atomic E-state index is 11.0. The molecule has 0 fully saturated rings.